The second-order valence-electron chi connectivity index (χ2n) is 5.40. The largest absolute Gasteiger partial charge is 0.480 e. The Kier molecular flexibility index (Phi) is 5.35. The van der Waals surface area contributed by atoms with Crippen LogP contribution in [0.5, 0.6) is 0 Å². The van der Waals surface area contributed by atoms with Gasteiger partial charge < -0.3 is 19.8 Å². The summed E-state index contributed by atoms with van der Waals surface area (Å²) in [6.45, 7) is 2.55. The molecule has 114 valence electrons. The zero-order chi connectivity index (χ0) is 15.4. The third kappa shape index (κ3) is 3.61. The van der Waals surface area contributed by atoms with Crippen molar-refractivity contribution in [2.45, 2.75) is 25.8 Å². The number of likely N-dealkylation sites (N-methyl/N-ethyl adjacent to an activating group) is 1. The van der Waals surface area contributed by atoms with E-state index in [1.165, 1.54) is 23.8 Å². The molecule has 0 aromatic carbocycles. The lowest BCUT2D eigenvalue weighted by molar-refractivity contribution is -0.150. The maximum Gasteiger partial charge on any atom is 0.326 e. The smallest absolute Gasteiger partial charge is 0.326 e. The first-order valence-corrected chi connectivity index (χ1v) is 6.71. The van der Waals surface area contributed by atoms with Crippen molar-refractivity contribution in [1.82, 2.24) is 14.7 Å². The molecule has 0 aromatic rings. The second kappa shape index (κ2) is 6.58. The molecule has 1 N–H and O–H groups in total. The normalized spacial score (nSPS) is 17.5. The number of amides is 3. The van der Waals surface area contributed by atoms with Crippen molar-refractivity contribution in [3.05, 3.63) is 0 Å². The number of rotatable bonds is 3. The molecule has 1 aliphatic heterocycles. The van der Waals surface area contributed by atoms with Crippen molar-refractivity contribution in [3.63, 3.8) is 0 Å². The number of aliphatic carboxylic acids is 1. The standard InChI is InChI=1S/C13H23N3O4/c1-9(12(18)19)15(4)11(17)10-5-7-16(8-6-10)13(20)14(2)3/h9-10H,5-8H2,1-4H3,(H,18,19). The van der Waals surface area contributed by atoms with Crippen LogP contribution in [0.2, 0.25) is 0 Å². The zero-order valence-corrected chi connectivity index (χ0v) is 12.5. The molecule has 0 aromatic heterocycles. The fourth-order valence-corrected chi connectivity index (χ4v) is 2.25. The van der Waals surface area contributed by atoms with Gasteiger partial charge in [-0.3, -0.25) is 4.79 Å². The minimum atomic E-state index is -1.01. The van der Waals surface area contributed by atoms with Gasteiger partial charge in [0.15, 0.2) is 0 Å². The molecule has 0 bridgehead atoms. The molecule has 0 aliphatic carbocycles. The molecular weight excluding hydrogens is 262 g/mol. The average molecular weight is 285 g/mol. The first-order chi connectivity index (χ1) is 9.25. The van der Waals surface area contributed by atoms with Crippen LogP contribution in [0.15, 0.2) is 0 Å². The van der Waals surface area contributed by atoms with E-state index in [2.05, 4.69) is 0 Å². The fourth-order valence-electron chi connectivity index (χ4n) is 2.25. The van der Waals surface area contributed by atoms with E-state index >= 15 is 0 Å². The molecule has 1 fully saturated rings. The van der Waals surface area contributed by atoms with Gasteiger partial charge in [0.2, 0.25) is 5.91 Å². The SMILES string of the molecule is CC(C(=O)O)N(C)C(=O)C1CCN(C(=O)N(C)C)CC1. The Morgan fingerprint density at radius 1 is 1.15 bits per heavy atom. The Bertz CT molecular complexity index is 389. The molecule has 0 radical (unpaired) electrons. The van der Waals surface area contributed by atoms with Gasteiger partial charge in [0, 0.05) is 40.2 Å². The highest BCUT2D eigenvalue weighted by atomic mass is 16.4. The second-order valence-corrected chi connectivity index (χ2v) is 5.40. The molecular formula is C13H23N3O4. The van der Waals surface area contributed by atoms with Crippen LogP contribution in [-0.2, 0) is 9.59 Å². The molecule has 1 rings (SSSR count). The monoisotopic (exact) mass is 285 g/mol. The Hall–Kier alpha value is -1.79. The number of carbonyl (C=O) groups is 3. The molecule has 1 saturated heterocycles. The van der Waals surface area contributed by atoms with Gasteiger partial charge in [0.25, 0.3) is 0 Å². The van der Waals surface area contributed by atoms with E-state index < -0.39 is 12.0 Å². The maximum absolute atomic E-state index is 12.2. The highest BCUT2D eigenvalue weighted by molar-refractivity contribution is 5.85. The van der Waals surface area contributed by atoms with E-state index in [-0.39, 0.29) is 17.9 Å². The van der Waals surface area contributed by atoms with Crippen LogP contribution in [0.25, 0.3) is 0 Å². The molecule has 7 heteroatoms. The Morgan fingerprint density at radius 3 is 2.05 bits per heavy atom. The number of hydrogen-bond acceptors (Lipinski definition) is 3. The minimum absolute atomic E-state index is 0.0526. The number of piperidine rings is 1. The average Bonchev–Trinajstić information content (AvgIpc) is 2.44. The summed E-state index contributed by atoms with van der Waals surface area (Å²) >= 11 is 0. The summed E-state index contributed by atoms with van der Waals surface area (Å²) in [5.41, 5.74) is 0. The molecule has 1 unspecified atom stereocenters. The molecule has 0 saturated carbocycles. The van der Waals surface area contributed by atoms with Crippen molar-refractivity contribution in [3.8, 4) is 0 Å². The number of urea groups is 1. The van der Waals surface area contributed by atoms with Gasteiger partial charge in [-0.2, -0.15) is 0 Å². The molecule has 1 aliphatic rings. The maximum atomic E-state index is 12.2. The third-order valence-electron chi connectivity index (χ3n) is 3.78. The highest BCUT2D eigenvalue weighted by Gasteiger charge is 2.32. The van der Waals surface area contributed by atoms with E-state index in [0.29, 0.717) is 25.9 Å². The number of carboxylic acid groups (broad SMARTS) is 1. The summed E-state index contributed by atoms with van der Waals surface area (Å²) in [5, 5.41) is 8.92. The lowest BCUT2D eigenvalue weighted by atomic mass is 9.95. The van der Waals surface area contributed by atoms with E-state index in [0.717, 1.165) is 0 Å². The van der Waals surface area contributed by atoms with Crippen LogP contribution in [0.3, 0.4) is 0 Å². The predicted molar refractivity (Wildman–Crippen MR) is 73.2 cm³/mol. The Balaban J connectivity index is 2.55. The minimum Gasteiger partial charge on any atom is -0.480 e. The fraction of sp³-hybridized carbons (Fsp3) is 0.769. The first-order valence-electron chi connectivity index (χ1n) is 6.71. The lowest BCUT2D eigenvalue weighted by Gasteiger charge is -2.35. The topological polar surface area (TPSA) is 81.2 Å². The Morgan fingerprint density at radius 2 is 1.65 bits per heavy atom. The van der Waals surface area contributed by atoms with Crippen molar-refractivity contribution >= 4 is 17.9 Å². The number of likely N-dealkylation sites (tertiary alicyclic amines) is 1. The summed E-state index contributed by atoms with van der Waals surface area (Å²) in [6.07, 6.45) is 1.16. The van der Waals surface area contributed by atoms with E-state index in [9.17, 15) is 14.4 Å². The molecule has 3 amide bonds. The van der Waals surface area contributed by atoms with Crippen LogP contribution < -0.4 is 0 Å². The number of nitrogens with zero attached hydrogens (tertiary/aromatic N) is 3. The molecule has 7 nitrogen and oxygen atoms in total. The quantitative estimate of drug-likeness (QED) is 0.809. The summed E-state index contributed by atoms with van der Waals surface area (Å²) in [5.74, 6) is -1.37. The predicted octanol–water partition coefficient (Wildman–Crippen LogP) is 0.312. The number of carbonyl (C=O) groups excluding carboxylic acids is 2. The van der Waals surface area contributed by atoms with E-state index in [1.807, 2.05) is 0 Å². The van der Waals surface area contributed by atoms with E-state index in [4.69, 9.17) is 5.11 Å². The molecule has 1 heterocycles. The van der Waals surface area contributed by atoms with Crippen LogP contribution >= 0.6 is 0 Å². The van der Waals surface area contributed by atoms with Crippen molar-refractivity contribution in [2.24, 2.45) is 5.92 Å². The first kappa shape index (κ1) is 16.3. The van der Waals surface area contributed by atoms with Crippen LogP contribution in [0.4, 0.5) is 4.79 Å². The van der Waals surface area contributed by atoms with Crippen molar-refractivity contribution < 1.29 is 19.5 Å². The summed E-state index contributed by atoms with van der Waals surface area (Å²) in [7, 11) is 4.91. The van der Waals surface area contributed by atoms with Gasteiger partial charge >= 0.3 is 12.0 Å². The molecule has 0 spiro atoms. The number of hydrogen-bond donors (Lipinski definition) is 1. The van der Waals surface area contributed by atoms with Crippen LogP contribution in [0.1, 0.15) is 19.8 Å². The van der Waals surface area contributed by atoms with Crippen molar-refractivity contribution in [1.29, 1.82) is 0 Å². The highest BCUT2D eigenvalue weighted by Crippen LogP contribution is 2.20. The van der Waals surface area contributed by atoms with Crippen LogP contribution in [-0.4, -0.2) is 78.0 Å². The zero-order valence-electron chi connectivity index (χ0n) is 12.5. The van der Waals surface area contributed by atoms with Gasteiger partial charge in [-0.25, -0.2) is 9.59 Å². The van der Waals surface area contributed by atoms with Gasteiger partial charge in [-0.15, -0.1) is 0 Å². The van der Waals surface area contributed by atoms with Gasteiger partial charge in [0.05, 0.1) is 0 Å². The Labute approximate surface area is 119 Å². The van der Waals surface area contributed by atoms with Gasteiger partial charge in [-0.1, -0.05) is 0 Å². The van der Waals surface area contributed by atoms with Gasteiger partial charge in [-0.05, 0) is 19.8 Å². The van der Waals surface area contributed by atoms with Crippen LogP contribution in [0, 0.1) is 5.92 Å². The van der Waals surface area contributed by atoms with E-state index in [1.54, 1.807) is 19.0 Å². The lowest BCUT2D eigenvalue weighted by Crippen LogP contribution is -2.49. The van der Waals surface area contributed by atoms with Crippen molar-refractivity contribution in [2.75, 3.05) is 34.2 Å². The molecule has 1 atom stereocenters. The van der Waals surface area contributed by atoms with Gasteiger partial charge in [0.1, 0.15) is 6.04 Å². The summed E-state index contributed by atoms with van der Waals surface area (Å²) < 4.78 is 0. The number of carboxylic acids is 1. The molecule has 20 heavy (non-hydrogen) atoms. The summed E-state index contributed by atoms with van der Waals surface area (Å²) in [6, 6.07) is -0.882. The third-order valence-corrected chi connectivity index (χ3v) is 3.78. The summed E-state index contributed by atoms with van der Waals surface area (Å²) in [4.78, 5) is 39.4.